The fraction of sp³-hybridized carbons (Fsp3) is 0.667. The summed E-state index contributed by atoms with van der Waals surface area (Å²) in [5, 5.41) is 24.5. The van der Waals surface area contributed by atoms with Crippen molar-refractivity contribution in [1.82, 2.24) is 16.0 Å². The SMILES string of the molecule is CSCCC(NC(=O)C(C)N)C(=O)NCC(=O)NC(CCC(=O)O)C(=O)O. The van der Waals surface area contributed by atoms with Gasteiger partial charge in [0.05, 0.1) is 12.6 Å². The molecule has 12 heteroatoms. The summed E-state index contributed by atoms with van der Waals surface area (Å²) in [6.07, 6.45) is 1.44. The Balaban J connectivity index is 4.65. The number of thioether (sulfide) groups is 1. The molecular weight excluding hydrogens is 380 g/mol. The van der Waals surface area contributed by atoms with Crippen molar-refractivity contribution < 1.29 is 34.2 Å². The molecular formula is C15H26N4O7S. The van der Waals surface area contributed by atoms with E-state index in [4.69, 9.17) is 15.9 Å². The Morgan fingerprint density at radius 3 is 2.11 bits per heavy atom. The van der Waals surface area contributed by atoms with Crippen LogP contribution in [0, 0.1) is 0 Å². The van der Waals surface area contributed by atoms with Crippen LogP contribution in [0.5, 0.6) is 0 Å². The molecule has 0 aromatic carbocycles. The first-order chi connectivity index (χ1) is 12.6. The van der Waals surface area contributed by atoms with Crippen molar-refractivity contribution in [3.05, 3.63) is 0 Å². The van der Waals surface area contributed by atoms with Gasteiger partial charge in [0.2, 0.25) is 17.7 Å². The van der Waals surface area contributed by atoms with Crippen LogP contribution in [0.4, 0.5) is 0 Å². The van der Waals surface area contributed by atoms with Gasteiger partial charge < -0.3 is 31.9 Å². The number of carbonyl (C=O) groups excluding carboxylic acids is 3. The molecule has 11 nitrogen and oxygen atoms in total. The van der Waals surface area contributed by atoms with E-state index in [1.807, 2.05) is 6.26 Å². The van der Waals surface area contributed by atoms with Gasteiger partial charge in [0.25, 0.3) is 0 Å². The lowest BCUT2D eigenvalue weighted by Gasteiger charge is -2.19. The molecule has 27 heavy (non-hydrogen) atoms. The Hall–Kier alpha value is -2.34. The molecule has 7 N–H and O–H groups in total. The van der Waals surface area contributed by atoms with Crippen molar-refractivity contribution in [1.29, 1.82) is 0 Å². The van der Waals surface area contributed by atoms with Crippen molar-refractivity contribution >= 4 is 41.4 Å². The molecule has 0 aliphatic rings. The van der Waals surface area contributed by atoms with Crippen LogP contribution in [-0.2, 0) is 24.0 Å². The second kappa shape index (κ2) is 12.9. The van der Waals surface area contributed by atoms with Crippen molar-refractivity contribution in [2.75, 3.05) is 18.6 Å². The van der Waals surface area contributed by atoms with E-state index in [1.165, 1.54) is 18.7 Å². The van der Waals surface area contributed by atoms with Crippen LogP contribution in [0.1, 0.15) is 26.2 Å². The molecule has 0 bridgehead atoms. The number of nitrogens with one attached hydrogen (secondary N) is 3. The Labute approximate surface area is 160 Å². The Bertz CT molecular complexity index is 556. The number of nitrogens with two attached hydrogens (primary N) is 1. The van der Waals surface area contributed by atoms with Gasteiger partial charge in [-0.25, -0.2) is 4.79 Å². The van der Waals surface area contributed by atoms with Crippen molar-refractivity contribution in [2.24, 2.45) is 5.73 Å². The fourth-order valence-corrected chi connectivity index (χ4v) is 2.34. The van der Waals surface area contributed by atoms with Gasteiger partial charge in [-0.15, -0.1) is 0 Å². The molecule has 0 fully saturated rings. The number of aliphatic carboxylic acids is 2. The van der Waals surface area contributed by atoms with Crippen molar-refractivity contribution in [2.45, 2.75) is 44.3 Å². The van der Waals surface area contributed by atoms with E-state index in [0.717, 1.165) is 0 Å². The molecule has 0 saturated carbocycles. The molecule has 0 aromatic heterocycles. The minimum atomic E-state index is -1.38. The van der Waals surface area contributed by atoms with Crippen molar-refractivity contribution in [3.8, 4) is 0 Å². The fourth-order valence-electron chi connectivity index (χ4n) is 1.87. The second-order valence-electron chi connectivity index (χ2n) is 5.74. The van der Waals surface area contributed by atoms with Gasteiger partial charge in [0.15, 0.2) is 0 Å². The van der Waals surface area contributed by atoms with E-state index < -0.39 is 60.8 Å². The van der Waals surface area contributed by atoms with Gasteiger partial charge in [0, 0.05) is 6.42 Å². The topological polar surface area (TPSA) is 188 Å². The summed E-state index contributed by atoms with van der Waals surface area (Å²) in [6, 6.07) is -3.06. The molecule has 3 unspecified atom stereocenters. The second-order valence-corrected chi connectivity index (χ2v) is 6.73. The van der Waals surface area contributed by atoms with E-state index in [1.54, 1.807) is 0 Å². The van der Waals surface area contributed by atoms with Gasteiger partial charge >= 0.3 is 11.9 Å². The maximum absolute atomic E-state index is 12.2. The van der Waals surface area contributed by atoms with E-state index in [0.29, 0.717) is 12.2 Å². The average Bonchev–Trinajstić information content (AvgIpc) is 2.59. The normalized spacial score (nSPS) is 13.7. The summed E-state index contributed by atoms with van der Waals surface area (Å²) in [5.74, 6) is -3.89. The lowest BCUT2D eigenvalue weighted by Crippen LogP contribution is -2.53. The van der Waals surface area contributed by atoms with E-state index in [9.17, 15) is 24.0 Å². The summed E-state index contributed by atoms with van der Waals surface area (Å²) in [6.45, 7) is 0.953. The summed E-state index contributed by atoms with van der Waals surface area (Å²) >= 11 is 1.47. The molecule has 0 radical (unpaired) electrons. The smallest absolute Gasteiger partial charge is 0.326 e. The molecule has 0 aliphatic carbocycles. The van der Waals surface area contributed by atoms with Crippen LogP contribution >= 0.6 is 11.8 Å². The molecule has 154 valence electrons. The number of carbonyl (C=O) groups is 5. The Morgan fingerprint density at radius 2 is 1.63 bits per heavy atom. The summed E-state index contributed by atoms with van der Waals surface area (Å²) in [5.41, 5.74) is 5.46. The first-order valence-electron chi connectivity index (χ1n) is 8.15. The molecule has 3 amide bonds. The van der Waals surface area contributed by atoms with Crippen LogP contribution in [0.15, 0.2) is 0 Å². The first-order valence-corrected chi connectivity index (χ1v) is 9.54. The molecule has 3 atom stereocenters. The molecule has 0 heterocycles. The number of hydrogen-bond donors (Lipinski definition) is 6. The molecule has 0 rings (SSSR count). The molecule has 0 aromatic rings. The summed E-state index contributed by atoms with van der Waals surface area (Å²) in [7, 11) is 0. The zero-order valence-electron chi connectivity index (χ0n) is 15.2. The third kappa shape index (κ3) is 11.1. The molecule has 0 saturated heterocycles. The van der Waals surface area contributed by atoms with Gasteiger partial charge in [-0.1, -0.05) is 0 Å². The highest BCUT2D eigenvalue weighted by atomic mass is 32.2. The standard InChI is InChI=1S/C15H26N4O7S/c1-8(16)13(23)19-9(5-6-27-2)14(24)17-7-11(20)18-10(15(25)26)3-4-12(21)22/h8-10H,3-7,16H2,1-2H3,(H,17,24)(H,18,20)(H,19,23)(H,21,22)(H,25,26). The molecule has 0 aliphatic heterocycles. The Kier molecular flexibility index (Phi) is 11.8. The van der Waals surface area contributed by atoms with Crippen LogP contribution < -0.4 is 21.7 Å². The van der Waals surface area contributed by atoms with Gasteiger partial charge in [-0.3, -0.25) is 19.2 Å². The average molecular weight is 406 g/mol. The quantitative estimate of drug-likeness (QED) is 0.203. The Morgan fingerprint density at radius 1 is 1.00 bits per heavy atom. The largest absolute Gasteiger partial charge is 0.481 e. The van der Waals surface area contributed by atoms with E-state index in [2.05, 4.69) is 16.0 Å². The maximum atomic E-state index is 12.2. The lowest BCUT2D eigenvalue weighted by molar-refractivity contribution is -0.143. The maximum Gasteiger partial charge on any atom is 0.326 e. The third-order valence-electron chi connectivity index (χ3n) is 3.36. The minimum absolute atomic E-state index is 0.287. The van der Waals surface area contributed by atoms with Crippen molar-refractivity contribution in [3.63, 3.8) is 0 Å². The number of carboxylic acid groups (broad SMARTS) is 2. The number of carboxylic acids is 2. The minimum Gasteiger partial charge on any atom is -0.481 e. The van der Waals surface area contributed by atoms with Gasteiger partial charge in [-0.2, -0.15) is 11.8 Å². The highest BCUT2D eigenvalue weighted by Gasteiger charge is 2.24. The summed E-state index contributed by atoms with van der Waals surface area (Å²) in [4.78, 5) is 57.3. The summed E-state index contributed by atoms with van der Waals surface area (Å²) < 4.78 is 0. The monoisotopic (exact) mass is 406 g/mol. The zero-order chi connectivity index (χ0) is 21.0. The third-order valence-corrected chi connectivity index (χ3v) is 4.00. The zero-order valence-corrected chi connectivity index (χ0v) is 16.0. The van der Waals surface area contributed by atoms with Crippen LogP contribution in [-0.4, -0.2) is 76.6 Å². The first kappa shape index (κ1) is 24.7. The van der Waals surface area contributed by atoms with Crippen LogP contribution in [0.2, 0.25) is 0 Å². The number of rotatable bonds is 13. The lowest BCUT2D eigenvalue weighted by atomic mass is 10.1. The predicted molar refractivity (Wildman–Crippen MR) is 98.0 cm³/mol. The van der Waals surface area contributed by atoms with Gasteiger partial charge in [0.1, 0.15) is 12.1 Å². The molecule has 0 spiro atoms. The van der Waals surface area contributed by atoms with E-state index in [-0.39, 0.29) is 6.42 Å². The predicted octanol–water partition coefficient (Wildman–Crippen LogP) is -1.88. The van der Waals surface area contributed by atoms with Crippen LogP contribution in [0.25, 0.3) is 0 Å². The van der Waals surface area contributed by atoms with E-state index >= 15 is 0 Å². The highest BCUT2D eigenvalue weighted by Crippen LogP contribution is 2.02. The highest BCUT2D eigenvalue weighted by molar-refractivity contribution is 7.98. The number of amides is 3. The van der Waals surface area contributed by atoms with Gasteiger partial charge in [-0.05, 0) is 31.8 Å². The number of hydrogen-bond acceptors (Lipinski definition) is 7. The van der Waals surface area contributed by atoms with Crippen LogP contribution in [0.3, 0.4) is 0 Å².